The first-order chi connectivity index (χ1) is 8.79. The van der Waals surface area contributed by atoms with E-state index in [4.69, 9.17) is 0 Å². The van der Waals surface area contributed by atoms with Gasteiger partial charge < -0.3 is 0 Å². The largest absolute Gasteiger partial charge is 0.245 e. The van der Waals surface area contributed by atoms with Crippen molar-refractivity contribution < 1.29 is 8.42 Å². The Hall–Kier alpha value is -0.280. The van der Waals surface area contributed by atoms with Crippen molar-refractivity contribution >= 4 is 48.6 Å². The SMILES string of the molecule is Cc1csc(C(C)NS(=O)(=O)c2cc(Br)sc2C)n1. The molecule has 2 aromatic heterocycles. The molecule has 1 N–H and O–H groups in total. The molecule has 0 spiro atoms. The summed E-state index contributed by atoms with van der Waals surface area (Å²) in [7, 11) is -3.51. The van der Waals surface area contributed by atoms with Crippen molar-refractivity contribution in [3.8, 4) is 0 Å². The van der Waals surface area contributed by atoms with Gasteiger partial charge in [-0.1, -0.05) is 0 Å². The molecule has 0 radical (unpaired) electrons. The minimum Gasteiger partial charge on any atom is -0.245 e. The van der Waals surface area contributed by atoms with Crippen LogP contribution in [-0.2, 0) is 10.0 Å². The van der Waals surface area contributed by atoms with Crippen molar-refractivity contribution in [3.63, 3.8) is 0 Å². The summed E-state index contributed by atoms with van der Waals surface area (Å²) in [5.41, 5.74) is 0.903. The lowest BCUT2D eigenvalue weighted by Gasteiger charge is -2.11. The van der Waals surface area contributed by atoms with Crippen LogP contribution in [0.2, 0.25) is 0 Å². The molecule has 0 aliphatic heterocycles. The van der Waals surface area contributed by atoms with E-state index in [1.807, 2.05) is 12.3 Å². The van der Waals surface area contributed by atoms with Crippen molar-refractivity contribution in [1.29, 1.82) is 0 Å². The van der Waals surface area contributed by atoms with Gasteiger partial charge in [-0.3, -0.25) is 0 Å². The second-order valence-corrected chi connectivity index (χ2v) is 9.35. The third kappa shape index (κ3) is 3.43. The van der Waals surface area contributed by atoms with Gasteiger partial charge in [0.25, 0.3) is 0 Å². The molecule has 0 bridgehead atoms. The van der Waals surface area contributed by atoms with Crippen molar-refractivity contribution in [2.24, 2.45) is 0 Å². The third-order valence-corrected chi connectivity index (χ3v) is 6.97. The molecule has 0 fully saturated rings. The van der Waals surface area contributed by atoms with Crippen LogP contribution in [0.3, 0.4) is 0 Å². The standard InChI is InChI=1S/C11H13BrN2O2S3/c1-6-5-17-11(13-6)7(2)14-19(15,16)9-4-10(12)18-8(9)3/h4-5,7,14H,1-3H3. The highest BCUT2D eigenvalue weighted by molar-refractivity contribution is 9.11. The molecule has 0 aromatic carbocycles. The number of thiazole rings is 1. The van der Waals surface area contributed by atoms with Gasteiger partial charge in [-0.25, -0.2) is 18.1 Å². The molecule has 19 heavy (non-hydrogen) atoms. The highest BCUT2D eigenvalue weighted by Crippen LogP contribution is 2.30. The second kappa shape index (κ2) is 5.61. The molecule has 104 valence electrons. The van der Waals surface area contributed by atoms with Gasteiger partial charge in [-0.05, 0) is 42.8 Å². The predicted molar refractivity (Wildman–Crippen MR) is 82.3 cm³/mol. The number of halogens is 1. The number of nitrogens with one attached hydrogen (secondary N) is 1. The molecule has 1 atom stereocenters. The van der Waals surface area contributed by atoms with E-state index in [0.29, 0.717) is 4.90 Å². The molecule has 4 nitrogen and oxygen atoms in total. The summed E-state index contributed by atoms with van der Waals surface area (Å²) in [6.45, 7) is 5.48. The fourth-order valence-electron chi connectivity index (χ4n) is 1.62. The van der Waals surface area contributed by atoms with Gasteiger partial charge in [0.2, 0.25) is 10.0 Å². The summed E-state index contributed by atoms with van der Waals surface area (Å²) in [6.07, 6.45) is 0. The van der Waals surface area contributed by atoms with Crippen LogP contribution in [0.25, 0.3) is 0 Å². The Morgan fingerprint density at radius 1 is 1.42 bits per heavy atom. The van der Waals surface area contributed by atoms with Crippen LogP contribution in [0, 0.1) is 13.8 Å². The van der Waals surface area contributed by atoms with Crippen LogP contribution in [0.5, 0.6) is 0 Å². The van der Waals surface area contributed by atoms with Crippen LogP contribution in [0.15, 0.2) is 20.1 Å². The summed E-state index contributed by atoms with van der Waals surface area (Å²) in [5.74, 6) is 0. The van der Waals surface area contributed by atoms with Gasteiger partial charge in [-0.15, -0.1) is 22.7 Å². The Kier molecular flexibility index (Phi) is 4.46. The Morgan fingerprint density at radius 2 is 2.11 bits per heavy atom. The van der Waals surface area contributed by atoms with Gasteiger partial charge in [-0.2, -0.15) is 0 Å². The average Bonchev–Trinajstić information content (AvgIpc) is 2.84. The highest BCUT2D eigenvalue weighted by atomic mass is 79.9. The summed E-state index contributed by atoms with van der Waals surface area (Å²) < 4.78 is 28.1. The first-order valence-electron chi connectivity index (χ1n) is 5.50. The zero-order valence-corrected chi connectivity index (χ0v) is 14.6. The van der Waals surface area contributed by atoms with E-state index in [-0.39, 0.29) is 6.04 Å². The quantitative estimate of drug-likeness (QED) is 0.880. The smallest absolute Gasteiger partial charge is 0.242 e. The Balaban J connectivity index is 2.24. The zero-order valence-electron chi connectivity index (χ0n) is 10.6. The molecule has 0 saturated carbocycles. The van der Waals surface area contributed by atoms with E-state index in [1.54, 1.807) is 19.9 Å². The molecule has 8 heteroatoms. The van der Waals surface area contributed by atoms with Crippen molar-refractivity contribution in [2.45, 2.75) is 31.7 Å². The summed E-state index contributed by atoms with van der Waals surface area (Å²) in [4.78, 5) is 5.39. The Bertz CT molecular complexity index is 691. The lowest BCUT2D eigenvalue weighted by atomic mass is 10.4. The van der Waals surface area contributed by atoms with Crippen LogP contribution in [-0.4, -0.2) is 13.4 Å². The van der Waals surface area contributed by atoms with Gasteiger partial charge in [0, 0.05) is 16.0 Å². The number of aryl methyl sites for hydroxylation is 2. The molecule has 0 aliphatic rings. The van der Waals surface area contributed by atoms with Crippen LogP contribution < -0.4 is 4.72 Å². The monoisotopic (exact) mass is 380 g/mol. The lowest BCUT2D eigenvalue weighted by molar-refractivity contribution is 0.566. The first kappa shape index (κ1) is 15.1. The molecular weight excluding hydrogens is 368 g/mol. The average molecular weight is 381 g/mol. The van der Waals surface area contributed by atoms with Crippen LogP contribution in [0.1, 0.15) is 28.5 Å². The van der Waals surface area contributed by atoms with E-state index in [9.17, 15) is 8.42 Å². The fourth-order valence-corrected chi connectivity index (χ4v) is 6.12. The van der Waals surface area contributed by atoms with Gasteiger partial charge in [0.1, 0.15) is 5.01 Å². The predicted octanol–water partition coefficient (Wildman–Crippen LogP) is 3.62. The number of sulfonamides is 1. The lowest BCUT2D eigenvalue weighted by Crippen LogP contribution is -2.27. The fraction of sp³-hybridized carbons (Fsp3) is 0.364. The molecule has 2 heterocycles. The van der Waals surface area contributed by atoms with Crippen LogP contribution >= 0.6 is 38.6 Å². The van der Waals surface area contributed by atoms with E-state index >= 15 is 0 Å². The molecule has 2 rings (SSSR count). The number of rotatable bonds is 4. The highest BCUT2D eigenvalue weighted by Gasteiger charge is 2.23. The summed E-state index contributed by atoms with van der Waals surface area (Å²) in [6, 6.07) is 1.30. The van der Waals surface area contributed by atoms with Crippen molar-refractivity contribution in [3.05, 3.63) is 30.8 Å². The number of thiophene rings is 1. The maximum absolute atomic E-state index is 12.3. The summed E-state index contributed by atoms with van der Waals surface area (Å²) in [5, 5.41) is 2.68. The van der Waals surface area contributed by atoms with E-state index in [0.717, 1.165) is 19.4 Å². The third-order valence-electron chi connectivity index (χ3n) is 2.47. The van der Waals surface area contributed by atoms with Crippen LogP contribution in [0.4, 0.5) is 0 Å². The maximum atomic E-state index is 12.3. The number of nitrogens with zero attached hydrogens (tertiary/aromatic N) is 1. The second-order valence-electron chi connectivity index (χ2n) is 4.14. The maximum Gasteiger partial charge on any atom is 0.242 e. The number of aromatic nitrogens is 1. The number of hydrogen-bond donors (Lipinski definition) is 1. The number of hydrogen-bond acceptors (Lipinski definition) is 5. The molecular formula is C11H13BrN2O2S3. The zero-order chi connectivity index (χ0) is 14.2. The minimum atomic E-state index is -3.51. The first-order valence-corrected chi connectivity index (χ1v) is 9.47. The van der Waals surface area contributed by atoms with E-state index < -0.39 is 10.0 Å². The topological polar surface area (TPSA) is 59.1 Å². The molecule has 0 amide bonds. The van der Waals surface area contributed by atoms with Gasteiger partial charge in [0.05, 0.1) is 14.7 Å². The Morgan fingerprint density at radius 3 is 2.58 bits per heavy atom. The molecule has 1 unspecified atom stereocenters. The van der Waals surface area contributed by atoms with Gasteiger partial charge in [0.15, 0.2) is 0 Å². The van der Waals surface area contributed by atoms with Gasteiger partial charge >= 0.3 is 0 Å². The normalized spacial score (nSPS) is 13.7. The van der Waals surface area contributed by atoms with Crippen molar-refractivity contribution in [1.82, 2.24) is 9.71 Å². The summed E-state index contributed by atoms with van der Waals surface area (Å²) >= 11 is 6.17. The molecule has 2 aromatic rings. The van der Waals surface area contributed by atoms with E-state index in [1.165, 1.54) is 22.7 Å². The Labute approximate surface area is 129 Å². The molecule has 0 aliphatic carbocycles. The van der Waals surface area contributed by atoms with Crippen molar-refractivity contribution in [2.75, 3.05) is 0 Å². The van der Waals surface area contributed by atoms with E-state index in [2.05, 4.69) is 25.6 Å². The minimum absolute atomic E-state index is 0.324. The molecule has 0 saturated heterocycles.